The fourth-order valence-corrected chi connectivity index (χ4v) is 12.9. The van der Waals surface area contributed by atoms with Crippen molar-refractivity contribution < 1.29 is 0 Å². The number of para-hydroxylation sites is 4. The molecule has 14 aromatic rings. The van der Waals surface area contributed by atoms with Crippen LogP contribution in [-0.2, 0) is 5.41 Å². The second-order valence-corrected chi connectivity index (χ2v) is 22.1. The number of rotatable bonds is 10. The summed E-state index contributed by atoms with van der Waals surface area (Å²) in [5.74, 6) is 0. The van der Waals surface area contributed by atoms with E-state index >= 15 is 0 Å². The van der Waals surface area contributed by atoms with Crippen molar-refractivity contribution in [3.8, 4) is 44.8 Å². The molecular weight excluding hydrogens is 977 g/mol. The van der Waals surface area contributed by atoms with Crippen molar-refractivity contribution in [3.05, 3.63) is 336 Å². The van der Waals surface area contributed by atoms with Gasteiger partial charge >= 0.3 is 0 Å². The van der Waals surface area contributed by atoms with Gasteiger partial charge in [-0.1, -0.05) is 244 Å². The number of hydrogen-bond donors (Lipinski definition) is 0. The van der Waals surface area contributed by atoms with E-state index in [-0.39, 0.29) is 5.41 Å². The topological polar surface area (TPSA) is 9.86 Å². The molecule has 81 heavy (non-hydrogen) atoms. The summed E-state index contributed by atoms with van der Waals surface area (Å²) in [7, 11) is 0. The van der Waals surface area contributed by atoms with E-state index in [1.807, 2.05) is 0 Å². The molecule has 2 heterocycles. The van der Waals surface area contributed by atoms with Crippen LogP contribution < -0.4 is 0 Å². The summed E-state index contributed by atoms with van der Waals surface area (Å²) in [4.78, 5) is 0. The lowest BCUT2D eigenvalue weighted by molar-refractivity contribution is 0.660. The minimum absolute atomic E-state index is 0.218. The number of nitrogens with zero attached hydrogens (tertiary/aromatic N) is 2. The second kappa shape index (κ2) is 19.6. The van der Waals surface area contributed by atoms with Gasteiger partial charge in [0.05, 0.1) is 22.1 Å². The summed E-state index contributed by atoms with van der Waals surface area (Å²) < 4.78 is 4.75. The molecule has 12 aromatic carbocycles. The van der Waals surface area contributed by atoms with Gasteiger partial charge in [0.1, 0.15) is 0 Å². The van der Waals surface area contributed by atoms with E-state index in [2.05, 4.69) is 326 Å². The summed E-state index contributed by atoms with van der Waals surface area (Å²) in [6.45, 7) is 4.78. The number of hydrogen-bond acceptors (Lipinski definition) is 0. The molecule has 0 saturated heterocycles. The van der Waals surface area contributed by atoms with Gasteiger partial charge in [-0.15, -0.1) is 0 Å². The van der Waals surface area contributed by atoms with Crippen LogP contribution in [0.25, 0.3) is 112 Å². The van der Waals surface area contributed by atoms with E-state index in [4.69, 9.17) is 0 Å². The van der Waals surface area contributed by atoms with Gasteiger partial charge in [0, 0.05) is 38.3 Å². The average molecular weight is 1030 g/mol. The Morgan fingerprint density at radius 3 is 1.02 bits per heavy atom. The minimum Gasteiger partial charge on any atom is -0.309 e. The SMILES string of the molecule is CC1(C)c2cc(C=C(c3ccccc3)c3ccc(-c4ccc5c(c4)c4ccccc4n5-c4ccccc4)cc3)ccc2-c2ccc(C=C(c3ccccc3)c3ccc(-c4ccc5c(c4)c4ccccc4n5-c4ccccc4)cc3)cc21. The molecule has 0 unspecified atom stereocenters. The molecule has 0 aliphatic heterocycles. The Labute approximate surface area is 473 Å². The summed E-state index contributed by atoms with van der Waals surface area (Å²) in [6.07, 6.45) is 4.76. The molecule has 1 aliphatic rings. The maximum Gasteiger partial charge on any atom is 0.0541 e. The Morgan fingerprint density at radius 1 is 0.284 bits per heavy atom. The zero-order chi connectivity index (χ0) is 54.0. The fraction of sp³-hybridized carbons (Fsp3) is 0.0380. The molecule has 382 valence electrons. The zero-order valence-corrected chi connectivity index (χ0v) is 45.3. The lowest BCUT2D eigenvalue weighted by atomic mass is 9.81. The maximum atomic E-state index is 2.43. The van der Waals surface area contributed by atoms with Crippen LogP contribution in [0.4, 0.5) is 0 Å². The molecule has 0 atom stereocenters. The van der Waals surface area contributed by atoms with Gasteiger partial charge in [-0.05, 0) is 162 Å². The number of fused-ring (bicyclic) bond motifs is 9. The van der Waals surface area contributed by atoms with Crippen molar-refractivity contribution in [2.24, 2.45) is 0 Å². The van der Waals surface area contributed by atoms with E-state index in [1.165, 1.54) is 144 Å². The predicted molar refractivity (Wildman–Crippen MR) is 343 cm³/mol. The Bertz CT molecular complexity index is 4460. The molecule has 2 aromatic heterocycles. The summed E-state index contributed by atoms with van der Waals surface area (Å²) in [6, 6.07) is 107. The first-order valence-corrected chi connectivity index (χ1v) is 28.1. The molecule has 1 aliphatic carbocycles. The Hall–Kier alpha value is -10.3. The third-order valence-electron chi connectivity index (χ3n) is 16.9. The van der Waals surface area contributed by atoms with E-state index < -0.39 is 0 Å². The first-order chi connectivity index (χ1) is 39.9. The van der Waals surface area contributed by atoms with Gasteiger partial charge in [0.25, 0.3) is 0 Å². The minimum atomic E-state index is -0.218. The van der Waals surface area contributed by atoms with Gasteiger partial charge in [-0.2, -0.15) is 0 Å². The summed E-state index contributed by atoms with van der Waals surface area (Å²) >= 11 is 0. The van der Waals surface area contributed by atoms with Gasteiger partial charge in [-0.3, -0.25) is 0 Å². The lowest BCUT2D eigenvalue weighted by Gasteiger charge is -2.22. The van der Waals surface area contributed by atoms with Crippen molar-refractivity contribution in [2.45, 2.75) is 19.3 Å². The normalized spacial score (nSPS) is 13.1. The van der Waals surface area contributed by atoms with Crippen LogP contribution in [0.2, 0.25) is 0 Å². The third kappa shape index (κ3) is 8.35. The van der Waals surface area contributed by atoms with E-state index in [9.17, 15) is 0 Å². The molecule has 0 bridgehead atoms. The largest absolute Gasteiger partial charge is 0.309 e. The highest BCUT2D eigenvalue weighted by Gasteiger charge is 2.35. The van der Waals surface area contributed by atoms with E-state index in [1.54, 1.807) is 0 Å². The molecule has 2 heteroatoms. The molecule has 0 radical (unpaired) electrons. The Kier molecular flexibility index (Phi) is 11.6. The molecule has 15 rings (SSSR count). The zero-order valence-electron chi connectivity index (χ0n) is 45.3. The van der Waals surface area contributed by atoms with Gasteiger partial charge in [0.15, 0.2) is 0 Å². The molecule has 0 fully saturated rings. The van der Waals surface area contributed by atoms with Crippen molar-refractivity contribution in [2.75, 3.05) is 0 Å². The van der Waals surface area contributed by atoms with Crippen LogP contribution in [0.15, 0.2) is 291 Å². The van der Waals surface area contributed by atoms with Crippen LogP contribution >= 0.6 is 0 Å². The summed E-state index contributed by atoms with van der Waals surface area (Å²) in [5.41, 5.74) is 26.6. The molecule has 0 spiro atoms. The Morgan fingerprint density at radius 2 is 0.617 bits per heavy atom. The van der Waals surface area contributed by atoms with Crippen LogP contribution in [0, 0.1) is 0 Å². The first kappa shape index (κ1) is 47.9. The highest BCUT2D eigenvalue weighted by atomic mass is 15.0. The summed E-state index contributed by atoms with van der Waals surface area (Å²) in [5, 5.41) is 5.02. The first-order valence-electron chi connectivity index (χ1n) is 28.1. The molecule has 0 amide bonds. The standard InChI is InChI=1S/C79H56N2/c1-79(2)73-49-53(47-69(57-19-7-3-8-20-57)59-37-33-55(34-38-59)61-41-45-77-71(51-61)67-27-15-17-29-75(67)80(77)63-23-11-5-12-24-63)31-43-65(73)66-44-32-54(50-74(66)79)48-70(58-21-9-4-10-22-58)60-39-35-56(36-40-60)62-42-46-78-72(52-62)68-28-16-18-30-76(68)81(78)64-25-13-6-14-26-64/h3-52H,1-2H3. The molecule has 0 saturated carbocycles. The predicted octanol–water partition coefficient (Wildman–Crippen LogP) is 20.7. The van der Waals surface area contributed by atoms with Crippen LogP contribution in [-0.4, -0.2) is 9.13 Å². The number of benzene rings is 12. The molecule has 0 N–H and O–H groups in total. The highest BCUT2D eigenvalue weighted by Crippen LogP contribution is 2.50. The monoisotopic (exact) mass is 1030 g/mol. The lowest BCUT2D eigenvalue weighted by Crippen LogP contribution is -2.15. The van der Waals surface area contributed by atoms with Gasteiger partial charge in [0.2, 0.25) is 0 Å². The van der Waals surface area contributed by atoms with Gasteiger partial charge < -0.3 is 9.13 Å². The van der Waals surface area contributed by atoms with Crippen molar-refractivity contribution in [1.82, 2.24) is 9.13 Å². The van der Waals surface area contributed by atoms with Crippen LogP contribution in [0.1, 0.15) is 58.4 Å². The average Bonchev–Trinajstić information content (AvgIpc) is 4.35. The smallest absolute Gasteiger partial charge is 0.0541 e. The quantitative estimate of drug-likeness (QED) is 0.121. The highest BCUT2D eigenvalue weighted by molar-refractivity contribution is 6.12. The van der Waals surface area contributed by atoms with Crippen molar-refractivity contribution in [3.63, 3.8) is 0 Å². The van der Waals surface area contributed by atoms with Gasteiger partial charge in [-0.25, -0.2) is 0 Å². The number of aromatic nitrogens is 2. The van der Waals surface area contributed by atoms with E-state index in [0.717, 1.165) is 0 Å². The van der Waals surface area contributed by atoms with Crippen LogP contribution in [0.3, 0.4) is 0 Å². The van der Waals surface area contributed by atoms with Crippen molar-refractivity contribution >= 4 is 66.9 Å². The van der Waals surface area contributed by atoms with Crippen molar-refractivity contribution in [1.29, 1.82) is 0 Å². The Balaban J connectivity index is 0.738. The molecule has 2 nitrogen and oxygen atoms in total. The third-order valence-corrected chi connectivity index (χ3v) is 16.9. The fourth-order valence-electron chi connectivity index (χ4n) is 12.9. The maximum absolute atomic E-state index is 2.43. The molecular formula is C79H56N2. The second-order valence-electron chi connectivity index (χ2n) is 22.1. The van der Waals surface area contributed by atoms with E-state index in [0.29, 0.717) is 0 Å². The van der Waals surface area contributed by atoms with Crippen LogP contribution in [0.5, 0.6) is 0 Å².